The second-order valence-corrected chi connectivity index (χ2v) is 12.6. The van der Waals surface area contributed by atoms with E-state index < -0.39 is 19.5 Å². The van der Waals surface area contributed by atoms with Crippen LogP contribution in [0.25, 0.3) is 0 Å². The quantitative estimate of drug-likeness (QED) is 0.150. The Labute approximate surface area is 252 Å². The molecule has 1 N–H and O–H groups in total. The predicted molar refractivity (Wildman–Crippen MR) is 170 cm³/mol. The number of hydrogen-bond acceptors (Lipinski definition) is 5. The molecule has 2 heterocycles. The normalized spacial score (nSPS) is 19.3. The Morgan fingerprint density at radius 3 is 1.73 bits per heavy atom. The van der Waals surface area contributed by atoms with E-state index in [9.17, 15) is 9.82 Å². The SMILES string of the molecule is CCCCCCCCC1=C(CCCCCCCC(=O)N2CC(c3ccccc3)OB(O)OC(c3ccccc3)C2)S1. The number of amides is 1. The fraction of sp³-hybridized carbons (Fsp3) is 0.559. The topological polar surface area (TPSA) is 59.0 Å². The zero-order valence-corrected chi connectivity index (χ0v) is 25.7. The van der Waals surface area contributed by atoms with Gasteiger partial charge in [0.15, 0.2) is 0 Å². The van der Waals surface area contributed by atoms with Gasteiger partial charge in [0.05, 0.1) is 12.2 Å². The standard InChI is InChI=1S/C34H48BNO4S/c1-2-3-4-5-7-16-23-32-33(41-32)24-17-8-6-9-18-25-34(37)36-26-30(28-19-12-10-13-20-28)39-35(38)40-31(27-36)29-21-14-11-15-22-29/h10-15,19-22,30-31,38H,2-9,16-18,23-27H2,1H3. The predicted octanol–water partition coefficient (Wildman–Crippen LogP) is 8.76. The Kier molecular flexibility index (Phi) is 13.8. The zero-order chi connectivity index (χ0) is 28.7. The van der Waals surface area contributed by atoms with Crippen molar-refractivity contribution in [2.24, 2.45) is 0 Å². The number of allylic oxidation sites excluding steroid dienone is 2. The maximum Gasteiger partial charge on any atom is 0.637 e. The van der Waals surface area contributed by atoms with Crippen LogP contribution in [0.3, 0.4) is 0 Å². The molecule has 0 spiro atoms. The van der Waals surface area contributed by atoms with Crippen LogP contribution in [-0.2, 0) is 14.1 Å². The van der Waals surface area contributed by atoms with Crippen LogP contribution in [0.1, 0.15) is 120 Å². The molecule has 0 radical (unpaired) electrons. The van der Waals surface area contributed by atoms with E-state index in [0.717, 1.165) is 24.0 Å². The van der Waals surface area contributed by atoms with Crippen LogP contribution in [0, 0.1) is 0 Å². The maximum atomic E-state index is 13.4. The lowest BCUT2D eigenvalue weighted by atomic mass is 10.0. The van der Waals surface area contributed by atoms with E-state index in [1.54, 1.807) is 9.81 Å². The molecule has 41 heavy (non-hydrogen) atoms. The average molecular weight is 578 g/mol. The Balaban J connectivity index is 1.18. The molecule has 0 aromatic heterocycles. The first kappa shape index (κ1) is 31.9. The lowest BCUT2D eigenvalue weighted by molar-refractivity contribution is -0.136. The smallest absolute Gasteiger partial charge is 0.402 e. The molecule has 5 nitrogen and oxygen atoms in total. The molecule has 4 rings (SSSR count). The number of benzene rings is 2. The minimum absolute atomic E-state index is 0.120. The average Bonchev–Trinajstić information content (AvgIpc) is 3.74. The van der Waals surface area contributed by atoms with E-state index >= 15 is 0 Å². The summed E-state index contributed by atoms with van der Waals surface area (Å²) in [5, 5.41) is 10.5. The second-order valence-electron chi connectivity index (χ2n) is 11.4. The van der Waals surface area contributed by atoms with Gasteiger partial charge in [-0.3, -0.25) is 4.79 Å². The van der Waals surface area contributed by atoms with Crippen molar-refractivity contribution in [2.45, 2.75) is 109 Å². The van der Waals surface area contributed by atoms with Gasteiger partial charge in [0.1, 0.15) is 0 Å². The summed E-state index contributed by atoms with van der Waals surface area (Å²) in [5.74, 6) is 0.120. The third-order valence-corrected chi connectivity index (χ3v) is 9.29. The zero-order valence-electron chi connectivity index (χ0n) is 24.8. The highest BCUT2D eigenvalue weighted by atomic mass is 32.2. The molecule has 2 aromatic carbocycles. The van der Waals surface area contributed by atoms with Crippen LogP contribution in [0.5, 0.6) is 0 Å². The molecule has 2 aromatic rings. The first-order valence-corrected chi connectivity index (χ1v) is 16.7. The first-order chi connectivity index (χ1) is 20.1. The highest BCUT2D eigenvalue weighted by molar-refractivity contribution is 8.13. The summed E-state index contributed by atoms with van der Waals surface area (Å²) in [7, 11) is -1.36. The van der Waals surface area contributed by atoms with Gasteiger partial charge in [-0.15, -0.1) is 0 Å². The highest BCUT2D eigenvalue weighted by Gasteiger charge is 2.34. The molecule has 1 fully saturated rings. The van der Waals surface area contributed by atoms with Gasteiger partial charge in [0.2, 0.25) is 5.91 Å². The Morgan fingerprint density at radius 2 is 1.22 bits per heavy atom. The van der Waals surface area contributed by atoms with Crippen molar-refractivity contribution in [3.8, 4) is 0 Å². The Hall–Kier alpha value is -2.06. The van der Waals surface area contributed by atoms with Gasteiger partial charge < -0.3 is 19.2 Å². The number of unbranched alkanes of at least 4 members (excludes halogenated alkanes) is 9. The van der Waals surface area contributed by atoms with Gasteiger partial charge in [-0.1, -0.05) is 131 Å². The molecular weight excluding hydrogens is 529 g/mol. The molecule has 0 saturated carbocycles. The number of hydrogen-bond donors (Lipinski definition) is 1. The molecule has 1 saturated heterocycles. The molecule has 0 aliphatic carbocycles. The summed E-state index contributed by atoms with van der Waals surface area (Å²) < 4.78 is 11.8. The number of rotatable bonds is 17. The monoisotopic (exact) mass is 577 g/mol. The van der Waals surface area contributed by atoms with Crippen LogP contribution < -0.4 is 0 Å². The molecule has 222 valence electrons. The van der Waals surface area contributed by atoms with E-state index in [1.807, 2.05) is 77.3 Å². The highest BCUT2D eigenvalue weighted by Crippen LogP contribution is 2.50. The first-order valence-electron chi connectivity index (χ1n) is 15.9. The van der Waals surface area contributed by atoms with Crippen molar-refractivity contribution in [3.63, 3.8) is 0 Å². The fourth-order valence-electron chi connectivity index (χ4n) is 5.60. The van der Waals surface area contributed by atoms with E-state index in [0.29, 0.717) is 19.5 Å². The van der Waals surface area contributed by atoms with Crippen LogP contribution in [0.2, 0.25) is 0 Å². The number of carbonyl (C=O) groups is 1. The lowest BCUT2D eigenvalue weighted by Crippen LogP contribution is -2.44. The van der Waals surface area contributed by atoms with E-state index in [1.165, 1.54) is 70.6 Å². The van der Waals surface area contributed by atoms with Crippen molar-refractivity contribution >= 4 is 25.0 Å². The summed E-state index contributed by atoms with van der Waals surface area (Å²) in [6.07, 6.45) is 16.0. The van der Waals surface area contributed by atoms with Gasteiger partial charge >= 0.3 is 7.32 Å². The van der Waals surface area contributed by atoms with Crippen LogP contribution in [0.15, 0.2) is 70.5 Å². The molecule has 2 atom stereocenters. The Bertz CT molecular complexity index is 1020. The van der Waals surface area contributed by atoms with Crippen LogP contribution in [0.4, 0.5) is 0 Å². The molecule has 2 aliphatic heterocycles. The van der Waals surface area contributed by atoms with Gasteiger partial charge in [0.25, 0.3) is 0 Å². The lowest BCUT2D eigenvalue weighted by Gasteiger charge is -2.35. The third kappa shape index (κ3) is 11.3. The van der Waals surface area contributed by atoms with Gasteiger partial charge in [-0.25, -0.2) is 0 Å². The van der Waals surface area contributed by atoms with Gasteiger partial charge in [-0.05, 0) is 53.0 Å². The molecule has 2 unspecified atom stereocenters. The van der Waals surface area contributed by atoms with Crippen LogP contribution in [-0.4, -0.2) is 36.2 Å². The largest absolute Gasteiger partial charge is 0.637 e. The second kappa shape index (κ2) is 17.8. The molecule has 2 aliphatic rings. The number of nitrogens with zero attached hydrogens (tertiary/aromatic N) is 1. The van der Waals surface area contributed by atoms with Gasteiger partial charge in [0, 0.05) is 19.5 Å². The molecular formula is C34H48BNO4S. The number of carbonyl (C=O) groups excluding carboxylic acids is 1. The van der Waals surface area contributed by atoms with Crippen LogP contribution >= 0.6 is 11.8 Å². The van der Waals surface area contributed by atoms with Crippen molar-refractivity contribution in [2.75, 3.05) is 13.1 Å². The molecule has 7 heteroatoms. The number of thioether (sulfide) groups is 1. The van der Waals surface area contributed by atoms with E-state index in [-0.39, 0.29) is 5.91 Å². The van der Waals surface area contributed by atoms with E-state index in [2.05, 4.69) is 6.92 Å². The molecule has 1 amide bonds. The summed E-state index contributed by atoms with van der Waals surface area (Å²) >= 11 is 2.04. The third-order valence-electron chi connectivity index (χ3n) is 8.10. The summed E-state index contributed by atoms with van der Waals surface area (Å²) in [6.45, 7) is 3.05. The van der Waals surface area contributed by atoms with Crippen molar-refractivity contribution in [1.82, 2.24) is 4.90 Å². The summed E-state index contributed by atoms with van der Waals surface area (Å²) in [4.78, 5) is 18.6. The summed E-state index contributed by atoms with van der Waals surface area (Å²) in [6, 6.07) is 19.5. The summed E-state index contributed by atoms with van der Waals surface area (Å²) in [5.41, 5.74) is 1.84. The fourth-order valence-corrected chi connectivity index (χ4v) is 6.54. The Morgan fingerprint density at radius 1 is 0.756 bits per heavy atom. The van der Waals surface area contributed by atoms with Crippen molar-refractivity contribution < 1.29 is 19.1 Å². The maximum absolute atomic E-state index is 13.4. The minimum Gasteiger partial charge on any atom is -0.402 e. The van der Waals surface area contributed by atoms with Crippen molar-refractivity contribution in [1.29, 1.82) is 0 Å². The molecule has 0 bridgehead atoms. The van der Waals surface area contributed by atoms with E-state index in [4.69, 9.17) is 9.31 Å². The minimum atomic E-state index is -1.36. The van der Waals surface area contributed by atoms with Crippen molar-refractivity contribution in [3.05, 3.63) is 81.6 Å². The van der Waals surface area contributed by atoms with Gasteiger partial charge in [-0.2, -0.15) is 0 Å².